The number of nitrogens with zero attached hydrogens (tertiary/aromatic N) is 1. The topological polar surface area (TPSA) is 47.3 Å². The summed E-state index contributed by atoms with van der Waals surface area (Å²) in [6.07, 6.45) is 6.13. The van der Waals surface area contributed by atoms with Gasteiger partial charge in [-0.1, -0.05) is 24.6 Å². The summed E-state index contributed by atoms with van der Waals surface area (Å²) in [5.41, 5.74) is 1.12. The fraction of sp³-hybridized carbons (Fsp3) is 0.438. The SMILES string of the molecule is COc1ccccc1Cc1cnc(C2CCCCN2)o1. The minimum absolute atomic E-state index is 0.273. The molecule has 20 heavy (non-hydrogen) atoms. The number of hydrogen-bond donors (Lipinski definition) is 1. The van der Waals surface area contributed by atoms with E-state index in [9.17, 15) is 0 Å². The number of nitrogens with one attached hydrogen (secondary N) is 1. The van der Waals surface area contributed by atoms with Gasteiger partial charge in [-0.2, -0.15) is 0 Å². The molecule has 4 heteroatoms. The van der Waals surface area contributed by atoms with Crippen LogP contribution in [-0.4, -0.2) is 18.6 Å². The first kappa shape index (κ1) is 13.2. The second kappa shape index (κ2) is 6.09. The monoisotopic (exact) mass is 272 g/mol. The fourth-order valence-electron chi connectivity index (χ4n) is 2.66. The maximum absolute atomic E-state index is 5.90. The van der Waals surface area contributed by atoms with Crippen molar-refractivity contribution in [1.82, 2.24) is 10.3 Å². The lowest BCUT2D eigenvalue weighted by Gasteiger charge is -2.20. The summed E-state index contributed by atoms with van der Waals surface area (Å²) < 4.78 is 11.3. The van der Waals surface area contributed by atoms with Crippen LogP contribution < -0.4 is 10.1 Å². The van der Waals surface area contributed by atoms with Gasteiger partial charge >= 0.3 is 0 Å². The van der Waals surface area contributed by atoms with Gasteiger partial charge in [0.1, 0.15) is 11.5 Å². The van der Waals surface area contributed by atoms with Crippen LogP contribution >= 0.6 is 0 Å². The van der Waals surface area contributed by atoms with Crippen LogP contribution in [0.25, 0.3) is 0 Å². The highest BCUT2D eigenvalue weighted by atomic mass is 16.5. The van der Waals surface area contributed by atoms with E-state index < -0.39 is 0 Å². The Morgan fingerprint density at radius 3 is 3.05 bits per heavy atom. The van der Waals surface area contributed by atoms with Crippen molar-refractivity contribution in [2.24, 2.45) is 0 Å². The number of oxazole rings is 1. The van der Waals surface area contributed by atoms with Crippen molar-refractivity contribution >= 4 is 0 Å². The van der Waals surface area contributed by atoms with E-state index in [-0.39, 0.29) is 6.04 Å². The van der Waals surface area contributed by atoms with Crippen LogP contribution in [0.3, 0.4) is 0 Å². The molecule has 1 unspecified atom stereocenters. The summed E-state index contributed by atoms with van der Waals surface area (Å²) in [5.74, 6) is 2.59. The second-order valence-electron chi connectivity index (χ2n) is 5.16. The van der Waals surface area contributed by atoms with Crippen LogP contribution in [0, 0.1) is 0 Å². The second-order valence-corrected chi connectivity index (χ2v) is 5.16. The molecule has 4 nitrogen and oxygen atoms in total. The largest absolute Gasteiger partial charge is 0.496 e. The molecule has 1 aromatic carbocycles. The molecule has 1 fully saturated rings. The summed E-state index contributed by atoms with van der Waals surface area (Å²) in [6, 6.07) is 8.28. The van der Waals surface area contributed by atoms with Gasteiger partial charge in [0.05, 0.1) is 19.3 Å². The van der Waals surface area contributed by atoms with Crippen molar-refractivity contribution < 1.29 is 9.15 Å². The number of hydrogen-bond acceptors (Lipinski definition) is 4. The Bertz CT molecular complexity index is 559. The number of rotatable bonds is 4. The van der Waals surface area contributed by atoms with Gasteiger partial charge in [0.15, 0.2) is 0 Å². The molecule has 2 heterocycles. The van der Waals surface area contributed by atoms with Crippen molar-refractivity contribution in [2.45, 2.75) is 31.7 Å². The Morgan fingerprint density at radius 2 is 2.25 bits per heavy atom. The van der Waals surface area contributed by atoms with Crippen LogP contribution in [0.5, 0.6) is 5.75 Å². The van der Waals surface area contributed by atoms with Gasteiger partial charge in [-0.05, 0) is 25.5 Å². The predicted octanol–water partition coefficient (Wildman–Crippen LogP) is 3.09. The molecule has 0 saturated carbocycles. The Morgan fingerprint density at radius 1 is 1.35 bits per heavy atom. The average molecular weight is 272 g/mol. The summed E-state index contributed by atoms with van der Waals surface area (Å²) in [6.45, 7) is 1.05. The van der Waals surface area contributed by atoms with E-state index in [1.165, 1.54) is 12.8 Å². The quantitative estimate of drug-likeness (QED) is 0.929. The highest BCUT2D eigenvalue weighted by Gasteiger charge is 2.19. The molecule has 106 valence electrons. The van der Waals surface area contributed by atoms with Gasteiger partial charge in [-0.3, -0.25) is 0 Å². The third kappa shape index (κ3) is 2.85. The normalized spacial score (nSPS) is 18.9. The van der Waals surface area contributed by atoms with Crippen molar-refractivity contribution in [3.05, 3.63) is 47.7 Å². The molecule has 1 aliphatic heterocycles. The Balaban J connectivity index is 1.73. The van der Waals surface area contributed by atoms with Gasteiger partial charge in [0.2, 0.25) is 5.89 Å². The van der Waals surface area contributed by atoms with Crippen LogP contribution in [-0.2, 0) is 6.42 Å². The number of piperidine rings is 1. The van der Waals surface area contributed by atoms with E-state index in [0.717, 1.165) is 35.9 Å². The molecule has 0 amide bonds. The maximum atomic E-state index is 5.90. The minimum Gasteiger partial charge on any atom is -0.496 e. The molecule has 0 spiro atoms. The summed E-state index contributed by atoms with van der Waals surface area (Å²) in [4.78, 5) is 4.42. The molecule has 0 aliphatic carbocycles. The summed E-state index contributed by atoms with van der Waals surface area (Å²) >= 11 is 0. The summed E-state index contributed by atoms with van der Waals surface area (Å²) in [7, 11) is 1.69. The number of ether oxygens (including phenoxy) is 1. The smallest absolute Gasteiger partial charge is 0.211 e. The number of benzene rings is 1. The third-order valence-electron chi connectivity index (χ3n) is 3.74. The molecule has 1 aliphatic rings. The number of methoxy groups -OCH3 is 1. The van der Waals surface area contributed by atoms with Crippen LogP contribution in [0.2, 0.25) is 0 Å². The first-order valence-electron chi connectivity index (χ1n) is 7.16. The average Bonchev–Trinajstić information content (AvgIpc) is 2.97. The molecule has 0 bridgehead atoms. The number of aromatic nitrogens is 1. The van der Waals surface area contributed by atoms with Crippen LogP contribution in [0.1, 0.15) is 42.5 Å². The molecule has 0 radical (unpaired) electrons. The zero-order chi connectivity index (χ0) is 13.8. The lowest BCUT2D eigenvalue weighted by molar-refractivity contribution is 0.330. The molecule has 2 aromatic rings. The van der Waals surface area contributed by atoms with Gasteiger partial charge in [0, 0.05) is 12.0 Å². The lowest BCUT2D eigenvalue weighted by atomic mass is 10.1. The van der Waals surface area contributed by atoms with Gasteiger partial charge in [-0.15, -0.1) is 0 Å². The lowest BCUT2D eigenvalue weighted by Crippen LogP contribution is -2.26. The summed E-state index contributed by atoms with van der Waals surface area (Å²) in [5, 5.41) is 3.45. The Labute approximate surface area is 119 Å². The van der Waals surface area contributed by atoms with E-state index in [4.69, 9.17) is 9.15 Å². The van der Waals surface area contributed by atoms with E-state index >= 15 is 0 Å². The first-order valence-corrected chi connectivity index (χ1v) is 7.16. The van der Waals surface area contributed by atoms with Gasteiger partial charge in [0.25, 0.3) is 0 Å². The van der Waals surface area contributed by atoms with Gasteiger partial charge < -0.3 is 14.5 Å². The molecule has 1 aromatic heterocycles. The molecular weight excluding hydrogens is 252 g/mol. The zero-order valence-corrected chi connectivity index (χ0v) is 11.8. The predicted molar refractivity (Wildman–Crippen MR) is 76.9 cm³/mol. The zero-order valence-electron chi connectivity index (χ0n) is 11.8. The number of para-hydroxylation sites is 1. The molecular formula is C16H20N2O2. The maximum Gasteiger partial charge on any atom is 0.211 e. The highest BCUT2D eigenvalue weighted by Crippen LogP contribution is 2.25. The highest BCUT2D eigenvalue weighted by molar-refractivity contribution is 5.35. The van der Waals surface area contributed by atoms with E-state index in [1.54, 1.807) is 7.11 Å². The standard InChI is InChI=1S/C16H20N2O2/c1-19-15-8-3-2-6-12(15)10-13-11-18-16(20-13)14-7-4-5-9-17-14/h2-3,6,8,11,14,17H,4-5,7,9-10H2,1H3. The van der Waals surface area contributed by atoms with Crippen molar-refractivity contribution in [3.63, 3.8) is 0 Å². The van der Waals surface area contributed by atoms with Gasteiger partial charge in [-0.25, -0.2) is 4.98 Å². The van der Waals surface area contributed by atoms with Crippen molar-refractivity contribution in [2.75, 3.05) is 13.7 Å². The Hall–Kier alpha value is -1.81. The molecule has 1 N–H and O–H groups in total. The Kier molecular flexibility index (Phi) is 4.02. The molecule has 1 atom stereocenters. The first-order chi connectivity index (χ1) is 9.86. The fourth-order valence-corrected chi connectivity index (χ4v) is 2.66. The van der Waals surface area contributed by atoms with E-state index in [2.05, 4.69) is 16.4 Å². The molecule has 1 saturated heterocycles. The third-order valence-corrected chi connectivity index (χ3v) is 3.74. The van der Waals surface area contributed by atoms with E-state index in [1.807, 2.05) is 24.4 Å². The van der Waals surface area contributed by atoms with Crippen LogP contribution in [0.15, 0.2) is 34.9 Å². The molecule has 3 rings (SSSR count). The van der Waals surface area contributed by atoms with Crippen molar-refractivity contribution in [3.8, 4) is 5.75 Å². The van der Waals surface area contributed by atoms with E-state index in [0.29, 0.717) is 6.42 Å². The van der Waals surface area contributed by atoms with Crippen LogP contribution in [0.4, 0.5) is 0 Å². The minimum atomic E-state index is 0.273. The van der Waals surface area contributed by atoms with Crippen molar-refractivity contribution in [1.29, 1.82) is 0 Å².